The van der Waals surface area contributed by atoms with E-state index in [0.29, 0.717) is 22.7 Å². The van der Waals surface area contributed by atoms with Crippen molar-refractivity contribution in [3.05, 3.63) is 64.7 Å². The molecule has 0 aliphatic rings. The maximum atomic E-state index is 12.1. The van der Waals surface area contributed by atoms with Crippen LogP contribution < -0.4 is 16.0 Å². The molecule has 0 aliphatic heterocycles. The molecule has 2 amide bonds. The highest BCUT2D eigenvalue weighted by molar-refractivity contribution is 7.80. The second kappa shape index (κ2) is 10.0. The van der Waals surface area contributed by atoms with Gasteiger partial charge in [-0.15, -0.1) is 0 Å². The van der Waals surface area contributed by atoms with E-state index in [2.05, 4.69) is 16.0 Å². The third-order valence-corrected chi connectivity index (χ3v) is 4.21. The first-order chi connectivity index (χ1) is 12.8. The van der Waals surface area contributed by atoms with Crippen LogP contribution in [0.1, 0.15) is 36.2 Å². The van der Waals surface area contributed by atoms with Crippen LogP contribution in [0.3, 0.4) is 0 Å². The SMILES string of the molecule is CC(C)NC(=O)c1cccc(NC(=S)NC(=O)CCc2ccccc2Cl)c1. The Hall–Kier alpha value is -2.44. The summed E-state index contributed by atoms with van der Waals surface area (Å²) in [5.74, 6) is -0.371. The topological polar surface area (TPSA) is 70.2 Å². The lowest BCUT2D eigenvalue weighted by molar-refractivity contribution is -0.119. The maximum absolute atomic E-state index is 12.1. The van der Waals surface area contributed by atoms with Crippen LogP contribution in [-0.4, -0.2) is 23.0 Å². The predicted molar refractivity (Wildman–Crippen MR) is 113 cm³/mol. The molecule has 0 aromatic heterocycles. The Morgan fingerprint density at radius 1 is 1.11 bits per heavy atom. The molecular weight excluding hydrogens is 382 g/mol. The normalized spacial score (nSPS) is 10.4. The van der Waals surface area contributed by atoms with Gasteiger partial charge in [-0.1, -0.05) is 35.9 Å². The number of carbonyl (C=O) groups excluding carboxylic acids is 2. The lowest BCUT2D eigenvalue weighted by atomic mass is 10.1. The average Bonchev–Trinajstić information content (AvgIpc) is 2.60. The zero-order chi connectivity index (χ0) is 19.8. The molecule has 142 valence electrons. The first-order valence-corrected chi connectivity index (χ1v) is 9.39. The van der Waals surface area contributed by atoms with E-state index in [1.165, 1.54) is 0 Å². The maximum Gasteiger partial charge on any atom is 0.251 e. The summed E-state index contributed by atoms with van der Waals surface area (Å²) in [6.45, 7) is 3.79. The number of hydrogen-bond donors (Lipinski definition) is 3. The molecule has 0 aliphatic carbocycles. The summed E-state index contributed by atoms with van der Waals surface area (Å²) >= 11 is 11.3. The molecular formula is C20H22ClN3O2S. The summed E-state index contributed by atoms with van der Waals surface area (Å²) in [6, 6.07) is 14.4. The van der Waals surface area contributed by atoms with Gasteiger partial charge in [-0.25, -0.2) is 0 Å². The number of amides is 2. The summed E-state index contributed by atoms with van der Waals surface area (Å²) in [7, 11) is 0. The van der Waals surface area contributed by atoms with E-state index in [9.17, 15) is 9.59 Å². The van der Waals surface area contributed by atoms with Gasteiger partial charge in [0.2, 0.25) is 5.91 Å². The van der Waals surface area contributed by atoms with Crippen LogP contribution >= 0.6 is 23.8 Å². The van der Waals surface area contributed by atoms with E-state index in [4.69, 9.17) is 23.8 Å². The molecule has 0 spiro atoms. The molecule has 2 aromatic rings. The third-order valence-electron chi connectivity index (χ3n) is 3.63. The van der Waals surface area contributed by atoms with Crippen molar-refractivity contribution in [2.75, 3.05) is 5.32 Å². The Morgan fingerprint density at radius 2 is 1.85 bits per heavy atom. The minimum Gasteiger partial charge on any atom is -0.350 e. The number of thiocarbonyl (C=S) groups is 1. The largest absolute Gasteiger partial charge is 0.350 e. The molecule has 0 radical (unpaired) electrons. The van der Waals surface area contributed by atoms with Crippen LogP contribution in [0.15, 0.2) is 48.5 Å². The molecule has 0 saturated carbocycles. The highest BCUT2D eigenvalue weighted by Gasteiger charge is 2.10. The number of carbonyl (C=O) groups is 2. The molecule has 2 rings (SSSR count). The molecule has 5 nitrogen and oxygen atoms in total. The summed E-state index contributed by atoms with van der Waals surface area (Å²) in [5, 5.41) is 9.21. The second-order valence-electron chi connectivity index (χ2n) is 6.30. The van der Waals surface area contributed by atoms with Crippen LogP contribution in [-0.2, 0) is 11.2 Å². The minimum atomic E-state index is -0.207. The first-order valence-electron chi connectivity index (χ1n) is 8.60. The standard InChI is InChI=1S/C20H22ClN3O2S/c1-13(2)22-19(26)15-7-5-8-16(12-15)23-20(27)24-18(25)11-10-14-6-3-4-9-17(14)21/h3-9,12-13H,10-11H2,1-2H3,(H,22,26)(H2,23,24,25,27). The molecule has 0 fully saturated rings. The molecule has 0 saturated heterocycles. The van der Waals surface area contributed by atoms with E-state index >= 15 is 0 Å². The fourth-order valence-electron chi connectivity index (χ4n) is 2.38. The van der Waals surface area contributed by atoms with Crippen LogP contribution in [0.5, 0.6) is 0 Å². The number of aryl methyl sites for hydroxylation is 1. The van der Waals surface area contributed by atoms with Gasteiger partial charge in [0.15, 0.2) is 5.11 Å². The Balaban J connectivity index is 1.87. The number of rotatable bonds is 6. The quantitative estimate of drug-likeness (QED) is 0.639. The monoisotopic (exact) mass is 403 g/mol. The lowest BCUT2D eigenvalue weighted by Crippen LogP contribution is -2.34. The fourth-order valence-corrected chi connectivity index (χ4v) is 2.85. The highest BCUT2D eigenvalue weighted by Crippen LogP contribution is 2.16. The van der Waals surface area contributed by atoms with Gasteiger partial charge >= 0.3 is 0 Å². The molecule has 0 bridgehead atoms. The zero-order valence-corrected chi connectivity index (χ0v) is 16.8. The number of hydrogen-bond acceptors (Lipinski definition) is 3. The molecule has 0 atom stereocenters. The van der Waals surface area contributed by atoms with Crippen LogP contribution in [0.25, 0.3) is 0 Å². The van der Waals surface area contributed by atoms with E-state index in [-0.39, 0.29) is 29.4 Å². The molecule has 0 unspecified atom stereocenters. The van der Waals surface area contributed by atoms with Gasteiger partial charge in [-0.2, -0.15) is 0 Å². The van der Waals surface area contributed by atoms with E-state index in [1.54, 1.807) is 30.3 Å². The van der Waals surface area contributed by atoms with E-state index in [1.807, 2.05) is 32.0 Å². The van der Waals surface area contributed by atoms with Crippen molar-refractivity contribution in [3.8, 4) is 0 Å². The third kappa shape index (κ3) is 7.00. The predicted octanol–water partition coefficient (Wildman–Crippen LogP) is 3.92. The summed E-state index contributed by atoms with van der Waals surface area (Å²) in [5.41, 5.74) is 2.06. The van der Waals surface area contributed by atoms with Crippen LogP contribution in [0.2, 0.25) is 5.02 Å². The average molecular weight is 404 g/mol. The van der Waals surface area contributed by atoms with Crippen LogP contribution in [0, 0.1) is 0 Å². The fraction of sp³-hybridized carbons (Fsp3) is 0.250. The van der Waals surface area contributed by atoms with Gasteiger partial charge in [0, 0.05) is 28.7 Å². The Labute approximate surface area is 169 Å². The number of halogens is 1. The molecule has 7 heteroatoms. The van der Waals surface area contributed by atoms with Crippen LogP contribution in [0.4, 0.5) is 5.69 Å². The first kappa shape index (κ1) is 20.9. The smallest absolute Gasteiger partial charge is 0.251 e. The Morgan fingerprint density at radius 3 is 2.56 bits per heavy atom. The van der Waals surface area contributed by atoms with Gasteiger partial charge in [-0.05, 0) is 62.3 Å². The van der Waals surface area contributed by atoms with Crippen molar-refractivity contribution >= 4 is 46.4 Å². The van der Waals surface area contributed by atoms with Crippen molar-refractivity contribution in [3.63, 3.8) is 0 Å². The summed E-state index contributed by atoms with van der Waals surface area (Å²) in [4.78, 5) is 24.1. The van der Waals surface area contributed by atoms with Gasteiger partial charge in [0.25, 0.3) is 5.91 Å². The zero-order valence-electron chi connectivity index (χ0n) is 15.2. The molecule has 0 heterocycles. The molecule has 27 heavy (non-hydrogen) atoms. The summed E-state index contributed by atoms with van der Waals surface area (Å²) < 4.78 is 0. The van der Waals surface area contributed by atoms with Crippen molar-refractivity contribution < 1.29 is 9.59 Å². The van der Waals surface area contributed by atoms with Gasteiger partial charge in [0.05, 0.1) is 0 Å². The van der Waals surface area contributed by atoms with Gasteiger partial charge in [-0.3, -0.25) is 9.59 Å². The summed E-state index contributed by atoms with van der Waals surface area (Å²) in [6.07, 6.45) is 0.793. The van der Waals surface area contributed by atoms with Gasteiger partial charge in [0.1, 0.15) is 0 Å². The molecule has 3 N–H and O–H groups in total. The van der Waals surface area contributed by atoms with Crippen molar-refractivity contribution in [1.29, 1.82) is 0 Å². The van der Waals surface area contributed by atoms with Gasteiger partial charge < -0.3 is 16.0 Å². The number of benzene rings is 2. The second-order valence-corrected chi connectivity index (χ2v) is 7.12. The minimum absolute atomic E-state index is 0.0487. The van der Waals surface area contributed by atoms with E-state index < -0.39 is 0 Å². The number of anilines is 1. The Kier molecular flexibility index (Phi) is 7.76. The van der Waals surface area contributed by atoms with Crippen molar-refractivity contribution in [1.82, 2.24) is 10.6 Å². The number of nitrogens with one attached hydrogen (secondary N) is 3. The Bertz CT molecular complexity index is 839. The van der Waals surface area contributed by atoms with E-state index in [0.717, 1.165) is 5.56 Å². The van der Waals surface area contributed by atoms with Crippen molar-refractivity contribution in [2.45, 2.75) is 32.7 Å². The highest BCUT2D eigenvalue weighted by atomic mass is 35.5. The van der Waals surface area contributed by atoms with Crippen molar-refractivity contribution in [2.24, 2.45) is 0 Å². The molecule has 2 aromatic carbocycles. The lowest BCUT2D eigenvalue weighted by Gasteiger charge is -2.12.